The van der Waals surface area contributed by atoms with Crippen molar-refractivity contribution in [1.82, 2.24) is 0 Å². The van der Waals surface area contributed by atoms with E-state index in [0.717, 1.165) is 18.4 Å². The lowest BCUT2D eigenvalue weighted by Crippen LogP contribution is -2.12. The highest BCUT2D eigenvalue weighted by atomic mass is 16.6. The van der Waals surface area contributed by atoms with Crippen molar-refractivity contribution in [3.8, 4) is 0 Å². The highest BCUT2D eigenvalue weighted by Crippen LogP contribution is 2.40. The third-order valence-corrected chi connectivity index (χ3v) is 2.94. The summed E-state index contributed by atoms with van der Waals surface area (Å²) in [6, 6.07) is 5.24. The number of nitrogens with zero attached hydrogens (tertiary/aromatic N) is 1. The van der Waals surface area contributed by atoms with Crippen LogP contribution in [0.1, 0.15) is 30.0 Å². The lowest BCUT2D eigenvalue weighted by Gasteiger charge is -2.10. The molecule has 4 heteroatoms. The summed E-state index contributed by atoms with van der Waals surface area (Å²) in [6.07, 6.45) is 2.28. The minimum atomic E-state index is -0.349. The van der Waals surface area contributed by atoms with Crippen LogP contribution in [0.4, 0.5) is 5.69 Å². The molecule has 80 valence electrons. The Morgan fingerprint density at radius 3 is 2.73 bits per heavy atom. The molecule has 1 atom stereocenters. The molecular formula is C11H14N2O2. The molecule has 0 spiro atoms. The van der Waals surface area contributed by atoms with Crippen molar-refractivity contribution in [3.63, 3.8) is 0 Å². The van der Waals surface area contributed by atoms with Crippen LogP contribution in [0.5, 0.6) is 0 Å². The van der Waals surface area contributed by atoms with Crippen LogP contribution < -0.4 is 5.73 Å². The van der Waals surface area contributed by atoms with Gasteiger partial charge >= 0.3 is 0 Å². The lowest BCUT2D eigenvalue weighted by atomic mass is 10.0. The molecule has 0 radical (unpaired) electrons. The van der Waals surface area contributed by atoms with E-state index in [2.05, 4.69) is 0 Å². The minimum Gasteiger partial charge on any atom is -0.324 e. The molecule has 0 aliphatic heterocycles. The summed E-state index contributed by atoms with van der Waals surface area (Å²) in [7, 11) is 0. The maximum atomic E-state index is 10.7. The van der Waals surface area contributed by atoms with E-state index in [1.165, 1.54) is 0 Å². The van der Waals surface area contributed by atoms with E-state index < -0.39 is 0 Å². The van der Waals surface area contributed by atoms with E-state index in [1.54, 1.807) is 19.1 Å². The number of hydrogen-bond donors (Lipinski definition) is 1. The van der Waals surface area contributed by atoms with Gasteiger partial charge in [-0.25, -0.2) is 0 Å². The van der Waals surface area contributed by atoms with Gasteiger partial charge in [-0.05, 0) is 31.2 Å². The Hall–Kier alpha value is -1.42. The largest absolute Gasteiger partial charge is 0.324 e. The van der Waals surface area contributed by atoms with Crippen LogP contribution in [-0.4, -0.2) is 4.92 Å². The number of hydrogen-bond acceptors (Lipinski definition) is 3. The minimum absolute atomic E-state index is 0.0377. The third kappa shape index (κ3) is 1.99. The number of nitrogens with two attached hydrogens (primary N) is 1. The molecule has 1 aromatic rings. The van der Waals surface area contributed by atoms with Crippen LogP contribution in [0.3, 0.4) is 0 Å². The van der Waals surface area contributed by atoms with Gasteiger partial charge in [-0.1, -0.05) is 12.1 Å². The van der Waals surface area contributed by atoms with Gasteiger partial charge in [0.2, 0.25) is 0 Å². The molecule has 4 nitrogen and oxygen atoms in total. The second kappa shape index (κ2) is 3.62. The van der Waals surface area contributed by atoms with E-state index in [4.69, 9.17) is 5.73 Å². The highest BCUT2D eigenvalue weighted by molar-refractivity contribution is 5.43. The molecule has 0 amide bonds. The van der Waals surface area contributed by atoms with Crippen molar-refractivity contribution >= 4 is 5.69 Å². The van der Waals surface area contributed by atoms with E-state index in [0.29, 0.717) is 11.5 Å². The van der Waals surface area contributed by atoms with Crippen LogP contribution in [-0.2, 0) is 0 Å². The van der Waals surface area contributed by atoms with Gasteiger partial charge < -0.3 is 5.73 Å². The summed E-state index contributed by atoms with van der Waals surface area (Å²) in [4.78, 5) is 10.4. The van der Waals surface area contributed by atoms with E-state index >= 15 is 0 Å². The summed E-state index contributed by atoms with van der Waals surface area (Å²) >= 11 is 0. The molecule has 2 rings (SSSR count). The molecular weight excluding hydrogens is 192 g/mol. The Morgan fingerprint density at radius 1 is 1.53 bits per heavy atom. The van der Waals surface area contributed by atoms with Gasteiger partial charge in [0.15, 0.2) is 0 Å². The van der Waals surface area contributed by atoms with Crippen molar-refractivity contribution in [1.29, 1.82) is 0 Å². The van der Waals surface area contributed by atoms with Gasteiger partial charge in [0.1, 0.15) is 0 Å². The van der Waals surface area contributed by atoms with Gasteiger partial charge in [0.05, 0.1) is 4.92 Å². The Balaban J connectivity index is 2.32. The van der Waals surface area contributed by atoms with Crippen molar-refractivity contribution in [2.24, 2.45) is 11.7 Å². The van der Waals surface area contributed by atoms with E-state index in [-0.39, 0.29) is 16.7 Å². The lowest BCUT2D eigenvalue weighted by molar-refractivity contribution is -0.385. The monoisotopic (exact) mass is 206 g/mol. The zero-order valence-electron chi connectivity index (χ0n) is 8.64. The van der Waals surface area contributed by atoms with Gasteiger partial charge in [-0.2, -0.15) is 0 Å². The Labute approximate surface area is 88.2 Å². The first-order valence-electron chi connectivity index (χ1n) is 5.10. The van der Waals surface area contributed by atoms with Crippen molar-refractivity contribution in [2.45, 2.75) is 25.8 Å². The molecule has 1 aliphatic rings. The number of nitro benzene ring substituents is 1. The fraction of sp³-hybridized carbons (Fsp3) is 0.455. The zero-order chi connectivity index (χ0) is 11.0. The quantitative estimate of drug-likeness (QED) is 0.609. The van der Waals surface area contributed by atoms with Crippen LogP contribution >= 0.6 is 0 Å². The van der Waals surface area contributed by atoms with Gasteiger partial charge in [0, 0.05) is 17.7 Å². The molecule has 15 heavy (non-hydrogen) atoms. The molecule has 0 saturated heterocycles. The summed E-state index contributed by atoms with van der Waals surface area (Å²) in [5.74, 6) is 0.521. The highest BCUT2D eigenvalue weighted by Gasteiger charge is 2.30. The maximum absolute atomic E-state index is 10.7. The van der Waals surface area contributed by atoms with Crippen molar-refractivity contribution in [3.05, 3.63) is 39.4 Å². The van der Waals surface area contributed by atoms with Crippen LogP contribution in [0.2, 0.25) is 0 Å². The predicted molar refractivity (Wildman–Crippen MR) is 57.5 cm³/mol. The standard InChI is InChI=1S/C11H14N2O2/c1-7-2-3-9(6-10(7)13(14)15)11(12)8-4-5-8/h2-3,6,8,11H,4-5,12H2,1H3/t11-/m0/s1. The van der Waals surface area contributed by atoms with Gasteiger partial charge in [-0.3, -0.25) is 10.1 Å². The molecule has 1 fully saturated rings. The fourth-order valence-electron chi connectivity index (χ4n) is 1.76. The fourth-order valence-corrected chi connectivity index (χ4v) is 1.76. The van der Waals surface area contributed by atoms with Gasteiger partial charge in [-0.15, -0.1) is 0 Å². The smallest absolute Gasteiger partial charge is 0.272 e. The van der Waals surface area contributed by atoms with Crippen LogP contribution in [0, 0.1) is 23.0 Å². The normalized spacial score (nSPS) is 17.5. The first-order chi connectivity index (χ1) is 7.09. The van der Waals surface area contributed by atoms with Crippen molar-refractivity contribution in [2.75, 3.05) is 0 Å². The molecule has 0 unspecified atom stereocenters. The average Bonchev–Trinajstić information content (AvgIpc) is 3.00. The summed E-state index contributed by atoms with van der Waals surface area (Å²) < 4.78 is 0. The molecule has 1 aromatic carbocycles. The third-order valence-electron chi connectivity index (χ3n) is 2.94. The number of aryl methyl sites for hydroxylation is 1. The summed E-state index contributed by atoms with van der Waals surface area (Å²) in [5.41, 5.74) is 7.74. The second-order valence-electron chi connectivity index (χ2n) is 4.17. The Bertz CT molecular complexity index is 400. The molecule has 1 aliphatic carbocycles. The maximum Gasteiger partial charge on any atom is 0.272 e. The van der Waals surface area contributed by atoms with E-state index in [9.17, 15) is 10.1 Å². The van der Waals surface area contributed by atoms with Crippen molar-refractivity contribution < 1.29 is 4.92 Å². The first-order valence-corrected chi connectivity index (χ1v) is 5.10. The average molecular weight is 206 g/mol. The zero-order valence-corrected chi connectivity index (χ0v) is 8.64. The second-order valence-corrected chi connectivity index (χ2v) is 4.17. The molecule has 0 aromatic heterocycles. The number of benzene rings is 1. The Morgan fingerprint density at radius 2 is 2.20 bits per heavy atom. The van der Waals surface area contributed by atoms with Crippen LogP contribution in [0.25, 0.3) is 0 Å². The number of nitro groups is 1. The molecule has 0 heterocycles. The SMILES string of the molecule is Cc1ccc([C@@H](N)C2CC2)cc1[N+](=O)[O-]. The molecule has 0 bridgehead atoms. The first kappa shape index (κ1) is 10.1. The summed E-state index contributed by atoms with van der Waals surface area (Å²) in [5, 5.41) is 10.7. The Kier molecular flexibility index (Phi) is 2.44. The van der Waals surface area contributed by atoms with Gasteiger partial charge in [0.25, 0.3) is 5.69 Å². The van der Waals surface area contributed by atoms with Crippen LogP contribution in [0.15, 0.2) is 18.2 Å². The van der Waals surface area contributed by atoms with E-state index in [1.807, 2.05) is 6.07 Å². The predicted octanol–water partition coefficient (Wildman–Crippen LogP) is 2.31. The number of rotatable bonds is 3. The topological polar surface area (TPSA) is 69.2 Å². The summed E-state index contributed by atoms with van der Waals surface area (Å²) in [6.45, 7) is 1.74. The molecule has 2 N–H and O–H groups in total. The molecule has 1 saturated carbocycles.